The number of hydrogen-bond acceptors (Lipinski definition) is 2. The Balaban J connectivity index is 0. The number of ether oxygens (including phenoxy) is 1. The van der Waals surface area contributed by atoms with Crippen molar-refractivity contribution in [1.29, 1.82) is 0 Å². The quantitative estimate of drug-likeness (QED) is 0.105. The number of aliphatic hydroxyl groups is 1. The summed E-state index contributed by atoms with van der Waals surface area (Å²) in [5.41, 5.74) is -0.0560. The predicted molar refractivity (Wildman–Crippen MR) is 140 cm³/mol. The first-order valence-electron chi connectivity index (χ1n) is 11.9. The number of methoxy groups -OCH3 is 1. The number of allylic oxidation sites excluding steroid dienone is 8. The fourth-order valence-corrected chi connectivity index (χ4v) is 2.80. The van der Waals surface area contributed by atoms with Crippen LogP contribution in [0.5, 0.6) is 0 Å². The highest BCUT2D eigenvalue weighted by Crippen LogP contribution is 2.35. The summed E-state index contributed by atoms with van der Waals surface area (Å²) in [6.45, 7) is 26.4. The van der Waals surface area contributed by atoms with Gasteiger partial charge in [0, 0.05) is 0 Å². The van der Waals surface area contributed by atoms with Gasteiger partial charge in [-0.05, 0) is 73.5 Å². The maximum absolute atomic E-state index is 14.6. The van der Waals surface area contributed by atoms with E-state index in [4.69, 9.17) is 0 Å². The molecule has 6 heteroatoms. The minimum Gasteiger partial charge on any atom is -0.494 e. The van der Waals surface area contributed by atoms with Crippen LogP contribution in [0.25, 0.3) is 0 Å². The van der Waals surface area contributed by atoms with Crippen LogP contribution in [-0.4, -0.2) is 18.3 Å². The minimum atomic E-state index is -1.21. The van der Waals surface area contributed by atoms with E-state index in [2.05, 4.69) is 44.6 Å². The van der Waals surface area contributed by atoms with E-state index in [-0.39, 0.29) is 22.6 Å². The molecular weight excluding hydrogens is 456 g/mol. The van der Waals surface area contributed by atoms with Crippen LogP contribution >= 0.6 is 0 Å². The smallest absolute Gasteiger partial charge is 0.200 e. The lowest BCUT2D eigenvalue weighted by Gasteiger charge is -2.20. The topological polar surface area (TPSA) is 29.5 Å². The van der Waals surface area contributed by atoms with Crippen molar-refractivity contribution in [1.82, 2.24) is 0 Å². The molecule has 0 amide bonds. The minimum absolute atomic E-state index is 0.0193. The molecule has 200 valence electrons. The first-order chi connectivity index (χ1) is 16.2. The van der Waals surface area contributed by atoms with E-state index < -0.39 is 47.0 Å². The highest BCUT2D eigenvalue weighted by molar-refractivity contribution is 5.37. The van der Waals surface area contributed by atoms with Gasteiger partial charge in [-0.3, -0.25) is 0 Å². The van der Waals surface area contributed by atoms with E-state index in [1.165, 1.54) is 7.11 Å². The van der Waals surface area contributed by atoms with Gasteiger partial charge in [0.05, 0.1) is 13.2 Å². The summed E-state index contributed by atoms with van der Waals surface area (Å²) in [7, 11) is 1.18. The van der Waals surface area contributed by atoms with Crippen LogP contribution in [0, 0.1) is 17.8 Å². The van der Waals surface area contributed by atoms with Crippen molar-refractivity contribution in [3.8, 4) is 0 Å². The number of hydrogen-bond donors (Lipinski definition) is 1. The highest BCUT2D eigenvalue weighted by atomic mass is 19.2. The van der Waals surface area contributed by atoms with E-state index in [1.807, 2.05) is 6.08 Å². The van der Waals surface area contributed by atoms with Gasteiger partial charge >= 0.3 is 0 Å². The van der Waals surface area contributed by atoms with E-state index >= 15 is 0 Å². The number of halogens is 4. The molecule has 35 heavy (non-hydrogen) atoms. The van der Waals surface area contributed by atoms with Gasteiger partial charge in [-0.2, -0.15) is 4.39 Å². The summed E-state index contributed by atoms with van der Waals surface area (Å²) < 4.78 is 61.8. The fraction of sp³-hybridized carbons (Fsp3) is 0.517. The average molecular weight is 501 g/mol. The zero-order valence-corrected chi connectivity index (χ0v) is 22.3. The molecule has 0 aromatic heterocycles. The molecule has 0 heterocycles. The van der Waals surface area contributed by atoms with Crippen molar-refractivity contribution in [2.45, 2.75) is 72.8 Å². The normalized spacial score (nSPS) is 15.7. The van der Waals surface area contributed by atoms with E-state index in [9.17, 15) is 22.7 Å². The molecule has 0 aliphatic heterocycles. The summed E-state index contributed by atoms with van der Waals surface area (Å²) in [5, 5.41) is 9.35. The van der Waals surface area contributed by atoms with Crippen molar-refractivity contribution >= 4 is 0 Å². The molecule has 0 rings (SSSR count). The van der Waals surface area contributed by atoms with Crippen molar-refractivity contribution in [3.63, 3.8) is 0 Å². The van der Waals surface area contributed by atoms with Crippen LogP contribution in [0.15, 0.2) is 84.8 Å². The Morgan fingerprint density at radius 2 is 1.00 bits per heavy atom. The molecule has 0 radical (unpaired) electrons. The van der Waals surface area contributed by atoms with Crippen LogP contribution < -0.4 is 0 Å². The zero-order chi connectivity index (χ0) is 27.9. The van der Waals surface area contributed by atoms with Crippen LogP contribution in [0.2, 0.25) is 0 Å². The van der Waals surface area contributed by atoms with Gasteiger partial charge in [0.2, 0.25) is 0 Å². The van der Waals surface area contributed by atoms with Gasteiger partial charge in [0.25, 0.3) is 0 Å². The first-order valence-corrected chi connectivity index (χ1v) is 11.9. The second-order valence-corrected chi connectivity index (χ2v) is 8.86. The Hall–Kier alpha value is -2.34. The Kier molecular flexibility index (Phi) is 17.9. The second-order valence-electron chi connectivity index (χ2n) is 8.86. The largest absolute Gasteiger partial charge is 0.494 e. The SMILES string of the molecule is C=C(OC)/C(F)=C(/F)C(=C)C(C)CCC(C)C(=C)/C(F)=C(/F)C(=C)C(C)CCC(C)O.C=CCC. The monoisotopic (exact) mass is 500 g/mol. The molecule has 4 unspecified atom stereocenters. The summed E-state index contributed by atoms with van der Waals surface area (Å²) in [6, 6.07) is 0. The van der Waals surface area contributed by atoms with Gasteiger partial charge < -0.3 is 9.84 Å². The van der Waals surface area contributed by atoms with E-state index in [0.29, 0.717) is 25.7 Å². The molecule has 0 aromatic rings. The van der Waals surface area contributed by atoms with E-state index in [0.717, 1.165) is 6.42 Å². The zero-order valence-electron chi connectivity index (χ0n) is 22.3. The number of aliphatic hydroxyl groups excluding tert-OH is 1. The molecule has 1 N–H and O–H groups in total. The summed E-state index contributed by atoms with van der Waals surface area (Å²) in [4.78, 5) is 0. The third-order valence-corrected chi connectivity index (χ3v) is 5.85. The second kappa shape index (κ2) is 18.0. The Labute approximate surface area is 210 Å². The van der Waals surface area contributed by atoms with Crippen molar-refractivity contribution in [2.75, 3.05) is 7.11 Å². The number of rotatable bonds is 15. The molecular formula is C29H44F4O2. The standard InChI is InChI=1S/C25H36F4O2.C4H8/c1-14(10-11-15(2)20(7)24(28)25(29)21(8)31-9)18(5)22(26)23(27)19(6)16(3)12-13-17(4)30;1-3-4-2/h14-17,30H,5-8,10-13H2,1-4,9H3;3H,1,4H2,2H3/b23-22-,25-24-;. The molecule has 4 atom stereocenters. The summed E-state index contributed by atoms with van der Waals surface area (Å²) >= 11 is 0. The molecule has 0 saturated carbocycles. The van der Waals surface area contributed by atoms with Crippen molar-refractivity contribution in [2.24, 2.45) is 17.8 Å². The average Bonchev–Trinajstić information content (AvgIpc) is 2.86. The molecule has 0 bridgehead atoms. The fourth-order valence-electron chi connectivity index (χ4n) is 2.80. The van der Waals surface area contributed by atoms with Crippen LogP contribution in [0.4, 0.5) is 17.6 Å². The Morgan fingerprint density at radius 3 is 1.26 bits per heavy atom. The molecule has 0 aliphatic rings. The molecule has 0 saturated heterocycles. The lowest BCUT2D eigenvalue weighted by Crippen LogP contribution is -2.09. The van der Waals surface area contributed by atoms with Crippen LogP contribution in [-0.2, 0) is 4.74 Å². The summed E-state index contributed by atoms with van der Waals surface area (Å²) in [6.07, 6.45) is 4.09. The van der Waals surface area contributed by atoms with Gasteiger partial charge in [-0.1, -0.05) is 60.1 Å². The molecule has 2 nitrogen and oxygen atoms in total. The summed E-state index contributed by atoms with van der Waals surface area (Å²) in [5.74, 6) is -6.09. The Bertz CT molecular complexity index is 805. The van der Waals surface area contributed by atoms with Crippen molar-refractivity contribution < 1.29 is 27.4 Å². The van der Waals surface area contributed by atoms with Crippen molar-refractivity contribution in [3.05, 3.63) is 84.8 Å². The Morgan fingerprint density at radius 1 is 0.714 bits per heavy atom. The van der Waals surface area contributed by atoms with Crippen LogP contribution in [0.3, 0.4) is 0 Å². The maximum atomic E-state index is 14.6. The van der Waals surface area contributed by atoms with Gasteiger partial charge in [-0.25, -0.2) is 13.2 Å². The van der Waals surface area contributed by atoms with E-state index in [1.54, 1.807) is 27.7 Å². The van der Waals surface area contributed by atoms with Gasteiger partial charge in [0.15, 0.2) is 23.3 Å². The predicted octanol–water partition coefficient (Wildman–Crippen LogP) is 9.55. The molecule has 0 spiro atoms. The first kappa shape index (κ1) is 34.8. The molecule has 0 aliphatic carbocycles. The lowest BCUT2D eigenvalue weighted by molar-refractivity contribution is 0.177. The molecule has 0 fully saturated rings. The van der Waals surface area contributed by atoms with Gasteiger partial charge in [0.1, 0.15) is 5.76 Å². The third-order valence-electron chi connectivity index (χ3n) is 5.85. The van der Waals surface area contributed by atoms with Crippen LogP contribution in [0.1, 0.15) is 66.7 Å². The third kappa shape index (κ3) is 12.8. The molecule has 0 aromatic carbocycles. The maximum Gasteiger partial charge on any atom is 0.200 e. The lowest BCUT2D eigenvalue weighted by atomic mass is 9.87. The highest BCUT2D eigenvalue weighted by Gasteiger charge is 2.23. The van der Waals surface area contributed by atoms with Gasteiger partial charge in [-0.15, -0.1) is 6.58 Å².